The number of carbonyl (C=O) groups excluding carboxylic acids is 1. The Bertz CT molecular complexity index is 972. The number of para-hydroxylation sites is 2. The maximum absolute atomic E-state index is 13.2. The second-order valence-corrected chi connectivity index (χ2v) is 7.34. The molecule has 2 heterocycles. The van der Waals surface area contributed by atoms with E-state index in [1.165, 1.54) is 0 Å². The van der Waals surface area contributed by atoms with E-state index in [1.807, 2.05) is 64.1 Å². The lowest BCUT2D eigenvalue weighted by Crippen LogP contribution is -2.35. The van der Waals surface area contributed by atoms with Crippen molar-refractivity contribution in [3.05, 3.63) is 71.3 Å². The number of amides is 1. The van der Waals surface area contributed by atoms with Crippen molar-refractivity contribution in [3.8, 4) is 5.69 Å². The Balaban J connectivity index is 1.68. The lowest BCUT2D eigenvalue weighted by Gasteiger charge is -2.21. The molecular formula is C21H22ClN5O. The summed E-state index contributed by atoms with van der Waals surface area (Å²) in [5, 5.41) is 12.5. The van der Waals surface area contributed by atoms with E-state index in [4.69, 9.17) is 11.6 Å². The first-order chi connectivity index (χ1) is 13.6. The lowest BCUT2D eigenvalue weighted by atomic mass is 10.2. The van der Waals surface area contributed by atoms with Crippen LogP contribution in [0.3, 0.4) is 0 Å². The molecule has 1 amide bonds. The van der Waals surface area contributed by atoms with Gasteiger partial charge in [-0.15, -0.1) is 10.2 Å². The molecule has 4 rings (SSSR count). The normalized spacial score (nSPS) is 16.4. The molecule has 7 heteroatoms. The van der Waals surface area contributed by atoms with Crippen LogP contribution in [0, 0.1) is 0 Å². The number of benzene rings is 2. The minimum Gasteiger partial charge on any atom is -0.377 e. The van der Waals surface area contributed by atoms with Crippen molar-refractivity contribution in [2.75, 3.05) is 11.9 Å². The number of anilines is 1. The van der Waals surface area contributed by atoms with Gasteiger partial charge in [-0.25, -0.2) is 0 Å². The Kier molecular flexibility index (Phi) is 5.30. The van der Waals surface area contributed by atoms with Crippen LogP contribution in [-0.2, 0) is 6.54 Å². The SMILES string of the molecule is C[C@H]1CCCN1C(=O)c1nnc(CNc2ccccc2Cl)n1-c1ccccc1. The summed E-state index contributed by atoms with van der Waals surface area (Å²) in [6.07, 6.45) is 2.04. The van der Waals surface area contributed by atoms with E-state index in [0.717, 1.165) is 30.8 Å². The topological polar surface area (TPSA) is 63.1 Å². The average Bonchev–Trinajstić information content (AvgIpc) is 3.34. The van der Waals surface area contributed by atoms with Crippen LogP contribution in [0.2, 0.25) is 5.02 Å². The molecule has 1 fully saturated rings. The van der Waals surface area contributed by atoms with Gasteiger partial charge in [0.1, 0.15) is 0 Å². The Morgan fingerprint density at radius 3 is 2.61 bits per heavy atom. The molecule has 1 N–H and O–H groups in total. The first kappa shape index (κ1) is 18.5. The molecule has 1 atom stereocenters. The number of rotatable bonds is 5. The summed E-state index contributed by atoms with van der Waals surface area (Å²) in [6.45, 7) is 3.23. The predicted molar refractivity (Wildman–Crippen MR) is 110 cm³/mol. The van der Waals surface area contributed by atoms with Gasteiger partial charge >= 0.3 is 0 Å². The number of hydrogen-bond donors (Lipinski definition) is 1. The van der Waals surface area contributed by atoms with Crippen molar-refractivity contribution in [2.45, 2.75) is 32.4 Å². The Hall–Kier alpha value is -2.86. The minimum atomic E-state index is -0.0784. The van der Waals surface area contributed by atoms with E-state index < -0.39 is 0 Å². The van der Waals surface area contributed by atoms with E-state index in [2.05, 4.69) is 22.4 Å². The van der Waals surface area contributed by atoms with Gasteiger partial charge in [0.25, 0.3) is 5.91 Å². The average molecular weight is 396 g/mol. The van der Waals surface area contributed by atoms with Gasteiger partial charge in [-0.1, -0.05) is 41.9 Å². The molecule has 1 aliphatic heterocycles. The second kappa shape index (κ2) is 8.02. The number of nitrogens with zero attached hydrogens (tertiary/aromatic N) is 4. The number of halogens is 1. The van der Waals surface area contributed by atoms with E-state index in [-0.39, 0.29) is 11.9 Å². The highest BCUT2D eigenvalue weighted by Gasteiger charge is 2.30. The molecule has 3 aromatic rings. The van der Waals surface area contributed by atoms with Crippen LogP contribution in [0.15, 0.2) is 54.6 Å². The van der Waals surface area contributed by atoms with Crippen LogP contribution in [0.25, 0.3) is 5.69 Å². The third kappa shape index (κ3) is 3.60. The van der Waals surface area contributed by atoms with Gasteiger partial charge in [0.15, 0.2) is 5.82 Å². The molecule has 1 aliphatic rings. The van der Waals surface area contributed by atoms with Crippen LogP contribution < -0.4 is 5.32 Å². The number of aromatic nitrogens is 3. The zero-order valence-corrected chi connectivity index (χ0v) is 16.4. The largest absolute Gasteiger partial charge is 0.377 e. The first-order valence-electron chi connectivity index (χ1n) is 9.44. The standard InChI is InChI=1S/C21H22ClN5O/c1-15-8-7-13-26(15)21(28)20-25-24-19(27(20)16-9-3-2-4-10-16)14-23-18-12-6-5-11-17(18)22/h2-6,9-12,15,23H,7-8,13-14H2,1H3/t15-/m0/s1. The maximum atomic E-state index is 13.2. The Morgan fingerprint density at radius 1 is 1.14 bits per heavy atom. The second-order valence-electron chi connectivity index (χ2n) is 6.93. The quantitative estimate of drug-likeness (QED) is 0.704. The molecule has 1 aromatic heterocycles. The smallest absolute Gasteiger partial charge is 0.292 e. The number of likely N-dealkylation sites (tertiary alicyclic amines) is 1. The van der Waals surface area contributed by atoms with Crippen molar-refractivity contribution in [1.82, 2.24) is 19.7 Å². The molecule has 0 radical (unpaired) electrons. The molecule has 28 heavy (non-hydrogen) atoms. The van der Waals surface area contributed by atoms with Crippen LogP contribution in [-0.4, -0.2) is 38.2 Å². The van der Waals surface area contributed by atoms with E-state index in [1.54, 1.807) is 0 Å². The minimum absolute atomic E-state index is 0.0784. The van der Waals surface area contributed by atoms with Crippen molar-refractivity contribution in [1.29, 1.82) is 0 Å². The van der Waals surface area contributed by atoms with Gasteiger partial charge in [-0.05, 0) is 44.0 Å². The van der Waals surface area contributed by atoms with Gasteiger partial charge < -0.3 is 10.2 Å². The third-order valence-electron chi connectivity index (χ3n) is 5.06. The molecule has 144 valence electrons. The van der Waals surface area contributed by atoms with Crippen LogP contribution in [0.4, 0.5) is 5.69 Å². The number of nitrogens with one attached hydrogen (secondary N) is 1. The zero-order valence-electron chi connectivity index (χ0n) is 15.7. The summed E-state index contributed by atoms with van der Waals surface area (Å²) >= 11 is 6.24. The molecule has 0 saturated carbocycles. The predicted octanol–water partition coefficient (Wildman–Crippen LogP) is 4.16. The molecule has 1 saturated heterocycles. The van der Waals surface area contributed by atoms with Gasteiger partial charge in [0.2, 0.25) is 5.82 Å². The highest BCUT2D eigenvalue weighted by atomic mass is 35.5. The van der Waals surface area contributed by atoms with E-state index in [0.29, 0.717) is 23.2 Å². The van der Waals surface area contributed by atoms with Crippen LogP contribution in [0.5, 0.6) is 0 Å². The Morgan fingerprint density at radius 2 is 1.89 bits per heavy atom. The maximum Gasteiger partial charge on any atom is 0.292 e. The summed E-state index contributed by atoms with van der Waals surface area (Å²) in [5.74, 6) is 0.919. The fraction of sp³-hybridized carbons (Fsp3) is 0.286. The molecule has 0 unspecified atom stereocenters. The summed E-state index contributed by atoms with van der Waals surface area (Å²) < 4.78 is 1.83. The molecule has 6 nitrogen and oxygen atoms in total. The zero-order chi connectivity index (χ0) is 19.5. The van der Waals surface area contributed by atoms with E-state index in [9.17, 15) is 4.79 Å². The van der Waals surface area contributed by atoms with Crippen molar-refractivity contribution < 1.29 is 4.79 Å². The summed E-state index contributed by atoms with van der Waals surface area (Å²) in [5.41, 5.74) is 1.67. The Labute approximate surface area is 169 Å². The summed E-state index contributed by atoms with van der Waals surface area (Å²) in [6, 6.07) is 17.5. The van der Waals surface area contributed by atoms with Crippen molar-refractivity contribution >= 4 is 23.2 Å². The number of carbonyl (C=O) groups is 1. The third-order valence-corrected chi connectivity index (χ3v) is 5.39. The lowest BCUT2D eigenvalue weighted by molar-refractivity contribution is 0.0732. The summed E-state index contributed by atoms with van der Waals surface area (Å²) in [7, 11) is 0. The van der Waals surface area contributed by atoms with Gasteiger partial charge in [0.05, 0.1) is 17.3 Å². The number of hydrogen-bond acceptors (Lipinski definition) is 4. The highest BCUT2D eigenvalue weighted by Crippen LogP contribution is 2.23. The fourth-order valence-corrected chi connectivity index (χ4v) is 3.76. The fourth-order valence-electron chi connectivity index (χ4n) is 3.56. The highest BCUT2D eigenvalue weighted by molar-refractivity contribution is 6.33. The van der Waals surface area contributed by atoms with Gasteiger partial charge in [-0.2, -0.15) is 0 Å². The molecular weight excluding hydrogens is 374 g/mol. The van der Waals surface area contributed by atoms with E-state index >= 15 is 0 Å². The molecule has 0 aliphatic carbocycles. The van der Waals surface area contributed by atoms with Gasteiger partial charge in [-0.3, -0.25) is 9.36 Å². The molecule has 0 bridgehead atoms. The van der Waals surface area contributed by atoms with Crippen molar-refractivity contribution in [2.24, 2.45) is 0 Å². The molecule has 2 aromatic carbocycles. The van der Waals surface area contributed by atoms with Crippen LogP contribution >= 0.6 is 11.6 Å². The van der Waals surface area contributed by atoms with Crippen LogP contribution in [0.1, 0.15) is 36.2 Å². The van der Waals surface area contributed by atoms with Crippen molar-refractivity contribution in [3.63, 3.8) is 0 Å². The monoisotopic (exact) mass is 395 g/mol. The first-order valence-corrected chi connectivity index (χ1v) is 9.82. The summed E-state index contributed by atoms with van der Waals surface area (Å²) in [4.78, 5) is 15.0. The van der Waals surface area contributed by atoms with Gasteiger partial charge in [0, 0.05) is 18.3 Å². The molecule has 0 spiro atoms.